The van der Waals surface area contributed by atoms with Gasteiger partial charge in [-0.2, -0.15) is 0 Å². The van der Waals surface area contributed by atoms with Crippen molar-refractivity contribution in [3.8, 4) is 0 Å². The Balaban J connectivity index is 1.50. The van der Waals surface area contributed by atoms with Crippen molar-refractivity contribution >= 4 is 17.4 Å². The molecule has 108 valence electrons. The fourth-order valence-corrected chi connectivity index (χ4v) is 2.07. The van der Waals surface area contributed by atoms with Gasteiger partial charge < -0.3 is 16.0 Å². The summed E-state index contributed by atoms with van der Waals surface area (Å²) >= 11 is 0. The van der Waals surface area contributed by atoms with Crippen LogP contribution >= 0.6 is 0 Å². The SMILES string of the molecule is O=C(Nc1ccccc1)Nc1ccc(CNC2CC2)cc1. The standard InChI is InChI=1S/C17H19N3O/c21-17(19-15-4-2-1-3-5-15)20-16-8-6-13(7-9-16)12-18-14-10-11-14/h1-9,14,18H,10-12H2,(H2,19,20,21). The molecule has 3 N–H and O–H groups in total. The van der Waals surface area contributed by atoms with Crippen molar-refractivity contribution < 1.29 is 4.79 Å². The van der Waals surface area contributed by atoms with E-state index >= 15 is 0 Å². The zero-order valence-electron chi connectivity index (χ0n) is 11.8. The summed E-state index contributed by atoms with van der Waals surface area (Å²) < 4.78 is 0. The van der Waals surface area contributed by atoms with Crippen LogP contribution in [0.3, 0.4) is 0 Å². The van der Waals surface area contributed by atoms with E-state index in [9.17, 15) is 4.79 Å². The molecular formula is C17H19N3O. The van der Waals surface area contributed by atoms with Gasteiger partial charge in [0, 0.05) is 24.0 Å². The first-order valence-electron chi connectivity index (χ1n) is 7.25. The topological polar surface area (TPSA) is 53.2 Å². The number of hydrogen-bond donors (Lipinski definition) is 3. The normalized spacial score (nSPS) is 13.7. The molecule has 0 heterocycles. The van der Waals surface area contributed by atoms with Crippen molar-refractivity contribution in [2.75, 3.05) is 10.6 Å². The number of benzene rings is 2. The van der Waals surface area contributed by atoms with Crippen molar-refractivity contribution in [3.63, 3.8) is 0 Å². The molecule has 1 saturated carbocycles. The molecule has 2 aromatic rings. The minimum Gasteiger partial charge on any atom is -0.310 e. The lowest BCUT2D eigenvalue weighted by Gasteiger charge is -2.08. The predicted octanol–water partition coefficient (Wildman–Crippen LogP) is 3.58. The Labute approximate surface area is 124 Å². The van der Waals surface area contributed by atoms with Gasteiger partial charge in [-0.1, -0.05) is 30.3 Å². The van der Waals surface area contributed by atoms with Crippen LogP contribution in [0, 0.1) is 0 Å². The molecule has 1 aliphatic carbocycles. The highest BCUT2D eigenvalue weighted by Gasteiger charge is 2.19. The van der Waals surface area contributed by atoms with Gasteiger partial charge in [0.05, 0.1) is 0 Å². The average molecular weight is 281 g/mol. The van der Waals surface area contributed by atoms with Crippen molar-refractivity contribution in [3.05, 3.63) is 60.2 Å². The lowest BCUT2D eigenvalue weighted by atomic mass is 10.2. The third-order valence-corrected chi connectivity index (χ3v) is 3.42. The average Bonchev–Trinajstić information content (AvgIpc) is 3.32. The summed E-state index contributed by atoms with van der Waals surface area (Å²) in [6.07, 6.45) is 2.58. The number of rotatable bonds is 5. The minimum absolute atomic E-state index is 0.231. The van der Waals surface area contributed by atoms with E-state index in [4.69, 9.17) is 0 Å². The van der Waals surface area contributed by atoms with E-state index in [2.05, 4.69) is 16.0 Å². The maximum atomic E-state index is 11.9. The molecule has 0 unspecified atom stereocenters. The first kappa shape index (κ1) is 13.6. The largest absolute Gasteiger partial charge is 0.323 e. The van der Waals surface area contributed by atoms with Crippen molar-refractivity contribution in [1.82, 2.24) is 5.32 Å². The van der Waals surface area contributed by atoms with Crippen LogP contribution in [-0.2, 0) is 6.54 Å². The van der Waals surface area contributed by atoms with Crippen molar-refractivity contribution in [2.45, 2.75) is 25.4 Å². The Morgan fingerprint density at radius 1 is 0.905 bits per heavy atom. The van der Waals surface area contributed by atoms with E-state index in [0.717, 1.165) is 17.9 Å². The highest BCUT2D eigenvalue weighted by Crippen LogP contribution is 2.19. The van der Waals surface area contributed by atoms with Gasteiger partial charge in [-0.25, -0.2) is 4.79 Å². The molecule has 0 bridgehead atoms. The molecule has 4 heteroatoms. The summed E-state index contributed by atoms with van der Waals surface area (Å²) in [4.78, 5) is 11.9. The fourth-order valence-electron chi connectivity index (χ4n) is 2.07. The first-order chi connectivity index (χ1) is 10.3. The third kappa shape index (κ3) is 4.33. The number of carbonyl (C=O) groups is 1. The zero-order valence-corrected chi connectivity index (χ0v) is 11.8. The van der Waals surface area contributed by atoms with Gasteiger partial charge in [0.25, 0.3) is 0 Å². The molecule has 0 aromatic heterocycles. The Hall–Kier alpha value is -2.33. The molecular weight excluding hydrogens is 262 g/mol. The molecule has 2 aromatic carbocycles. The van der Waals surface area contributed by atoms with Crippen LogP contribution in [0.1, 0.15) is 18.4 Å². The maximum absolute atomic E-state index is 11.9. The van der Waals surface area contributed by atoms with Crippen LogP contribution in [-0.4, -0.2) is 12.1 Å². The smallest absolute Gasteiger partial charge is 0.310 e. The summed E-state index contributed by atoms with van der Waals surface area (Å²) in [5.41, 5.74) is 2.80. The molecule has 0 spiro atoms. The van der Waals surface area contributed by atoms with Crippen molar-refractivity contribution in [1.29, 1.82) is 0 Å². The van der Waals surface area contributed by atoms with Crippen LogP contribution in [0.5, 0.6) is 0 Å². The monoisotopic (exact) mass is 281 g/mol. The second-order valence-corrected chi connectivity index (χ2v) is 5.30. The van der Waals surface area contributed by atoms with Gasteiger partial charge in [-0.15, -0.1) is 0 Å². The fraction of sp³-hybridized carbons (Fsp3) is 0.235. The number of anilines is 2. The molecule has 1 aliphatic rings. The number of carbonyl (C=O) groups excluding carboxylic acids is 1. The molecule has 2 amide bonds. The lowest BCUT2D eigenvalue weighted by Crippen LogP contribution is -2.19. The van der Waals surface area contributed by atoms with E-state index in [1.807, 2.05) is 54.6 Å². The Kier molecular flexibility index (Phi) is 4.17. The second kappa shape index (κ2) is 6.41. The summed E-state index contributed by atoms with van der Waals surface area (Å²) in [5, 5.41) is 9.08. The third-order valence-electron chi connectivity index (χ3n) is 3.42. The molecule has 0 atom stereocenters. The number of para-hydroxylation sites is 1. The summed E-state index contributed by atoms with van der Waals surface area (Å²) in [7, 11) is 0. The number of nitrogens with one attached hydrogen (secondary N) is 3. The molecule has 0 aliphatic heterocycles. The van der Waals surface area contributed by atoms with Crippen molar-refractivity contribution in [2.24, 2.45) is 0 Å². The highest BCUT2D eigenvalue weighted by atomic mass is 16.2. The van der Waals surface area contributed by atoms with Gasteiger partial charge >= 0.3 is 6.03 Å². The van der Waals surface area contributed by atoms with Gasteiger partial charge in [0.15, 0.2) is 0 Å². The molecule has 1 fully saturated rings. The summed E-state index contributed by atoms with van der Waals surface area (Å²) in [6.45, 7) is 0.890. The van der Waals surface area contributed by atoms with Crippen LogP contribution in [0.15, 0.2) is 54.6 Å². The number of urea groups is 1. The van der Waals surface area contributed by atoms with E-state index < -0.39 is 0 Å². The zero-order chi connectivity index (χ0) is 14.5. The molecule has 3 rings (SSSR count). The van der Waals surface area contributed by atoms with Crippen LogP contribution in [0.25, 0.3) is 0 Å². The number of amides is 2. The predicted molar refractivity (Wildman–Crippen MR) is 85.4 cm³/mol. The van der Waals surface area contributed by atoms with Gasteiger partial charge in [-0.3, -0.25) is 0 Å². The van der Waals surface area contributed by atoms with E-state index in [1.54, 1.807) is 0 Å². The molecule has 21 heavy (non-hydrogen) atoms. The second-order valence-electron chi connectivity index (χ2n) is 5.30. The Bertz CT molecular complexity index is 591. The van der Waals surface area contributed by atoms with Gasteiger partial charge in [0.2, 0.25) is 0 Å². The Morgan fingerprint density at radius 3 is 2.14 bits per heavy atom. The van der Waals surface area contributed by atoms with Crippen LogP contribution < -0.4 is 16.0 Å². The molecule has 4 nitrogen and oxygen atoms in total. The quantitative estimate of drug-likeness (QED) is 0.784. The van der Waals surface area contributed by atoms with E-state index in [0.29, 0.717) is 6.04 Å². The molecule has 0 saturated heterocycles. The molecule has 0 radical (unpaired) electrons. The van der Waals surface area contributed by atoms with E-state index in [-0.39, 0.29) is 6.03 Å². The lowest BCUT2D eigenvalue weighted by molar-refractivity contribution is 0.262. The minimum atomic E-state index is -0.231. The van der Waals surface area contributed by atoms with Gasteiger partial charge in [-0.05, 0) is 42.7 Å². The van der Waals surface area contributed by atoms with Gasteiger partial charge in [0.1, 0.15) is 0 Å². The Morgan fingerprint density at radius 2 is 1.52 bits per heavy atom. The van der Waals surface area contributed by atoms with Crippen LogP contribution in [0.4, 0.5) is 16.2 Å². The summed E-state index contributed by atoms with van der Waals surface area (Å²) in [5.74, 6) is 0. The van der Waals surface area contributed by atoms with Crippen LogP contribution in [0.2, 0.25) is 0 Å². The first-order valence-corrected chi connectivity index (χ1v) is 7.25. The number of hydrogen-bond acceptors (Lipinski definition) is 2. The van der Waals surface area contributed by atoms with E-state index in [1.165, 1.54) is 18.4 Å². The highest BCUT2D eigenvalue weighted by molar-refractivity contribution is 5.99. The summed E-state index contributed by atoms with van der Waals surface area (Å²) in [6, 6.07) is 17.8. The maximum Gasteiger partial charge on any atom is 0.323 e.